The summed E-state index contributed by atoms with van der Waals surface area (Å²) in [5.74, 6) is 1.36. The SMILES string of the molecule is O=c1n(Cc2ccccc2Oc2ccccc2)nc2c(-c3ccc(Cl)cc3)c(-c3ccc(Cl)cc3)cnn12. The Morgan fingerprint density at radius 1 is 0.737 bits per heavy atom. The number of aromatic nitrogens is 4. The maximum absolute atomic E-state index is 13.5. The molecule has 8 heteroatoms. The van der Waals surface area contributed by atoms with Gasteiger partial charge in [0.05, 0.1) is 12.7 Å². The normalized spacial score (nSPS) is 11.1. The number of rotatable bonds is 6. The molecule has 6 nitrogen and oxygen atoms in total. The van der Waals surface area contributed by atoms with E-state index in [0.29, 0.717) is 27.2 Å². The highest BCUT2D eigenvalue weighted by molar-refractivity contribution is 6.31. The van der Waals surface area contributed by atoms with Crippen LogP contribution in [0.5, 0.6) is 11.5 Å². The zero-order chi connectivity index (χ0) is 26.1. The Bertz CT molecular complexity index is 1800. The Morgan fingerprint density at radius 3 is 2.08 bits per heavy atom. The molecule has 0 spiro atoms. The predicted molar refractivity (Wildman–Crippen MR) is 150 cm³/mol. The van der Waals surface area contributed by atoms with E-state index < -0.39 is 0 Å². The fourth-order valence-electron chi connectivity index (χ4n) is 4.32. The van der Waals surface area contributed by atoms with E-state index in [9.17, 15) is 4.79 Å². The van der Waals surface area contributed by atoms with Crippen molar-refractivity contribution in [2.75, 3.05) is 0 Å². The second-order valence-electron chi connectivity index (χ2n) is 8.65. The number of ether oxygens (including phenoxy) is 1. The summed E-state index contributed by atoms with van der Waals surface area (Å²) in [4.78, 5) is 13.5. The van der Waals surface area contributed by atoms with Crippen LogP contribution >= 0.6 is 23.2 Å². The van der Waals surface area contributed by atoms with Crippen LogP contribution in [0.15, 0.2) is 114 Å². The first-order valence-corrected chi connectivity index (χ1v) is 12.6. The maximum atomic E-state index is 13.5. The van der Waals surface area contributed by atoms with Gasteiger partial charge in [-0.15, -0.1) is 5.10 Å². The van der Waals surface area contributed by atoms with Gasteiger partial charge in [-0.3, -0.25) is 0 Å². The summed E-state index contributed by atoms with van der Waals surface area (Å²) < 4.78 is 8.82. The second-order valence-corrected chi connectivity index (χ2v) is 9.52. The molecule has 0 aliphatic carbocycles. The average molecular weight is 539 g/mol. The quantitative estimate of drug-likeness (QED) is 0.222. The van der Waals surface area contributed by atoms with Gasteiger partial charge >= 0.3 is 5.69 Å². The third-order valence-corrected chi connectivity index (χ3v) is 6.67. The molecule has 0 radical (unpaired) electrons. The summed E-state index contributed by atoms with van der Waals surface area (Å²) in [6.07, 6.45) is 1.68. The molecule has 2 heterocycles. The molecule has 38 heavy (non-hydrogen) atoms. The van der Waals surface area contributed by atoms with Crippen LogP contribution in [0.4, 0.5) is 0 Å². The van der Waals surface area contributed by atoms with Gasteiger partial charge in [0.25, 0.3) is 0 Å². The highest BCUT2D eigenvalue weighted by Crippen LogP contribution is 2.35. The lowest BCUT2D eigenvalue weighted by Crippen LogP contribution is -2.23. The van der Waals surface area contributed by atoms with Gasteiger partial charge in [0.2, 0.25) is 0 Å². The average Bonchev–Trinajstić information content (AvgIpc) is 3.26. The molecule has 4 aromatic carbocycles. The molecule has 0 aliphatic rings. The molecule has 0 N–H and O–H groups in total. The zero-order valence-electron chi connectivity index (χ0n) is 20.0. The summed E-state index contributed by atoms with van der Waals surface area (Å²) in [5, 5.41) is 10.5. The van der Waals surface area contributed by atoms with Crippen molar-refractivity contribution >= 4 is 28.8 Å². The van der Waals surface area contributed by atoms with Crippen LogP contribution < -0.4 is 10.4 Å². The van der Waals surface area contributed by atoms with Crippen molar-refractivity contribution in [3.63, 3.8) is 0 Å². The summed E-state index contributed by atoms with van der Waals surface area (Å²) in [6, 6.07) is 32.0. The van der Waals surface area contributed by atoms with Gasteiger partial charge in [-0.1, -0.05) is 83.9 Å². The number of halogens is 2. The molecule has 0 saturated carbocycles. The number of fused-ring (bicyclic) bond motifs is 1. The molecule has 0 unspecified atom stereocenters. The standard InChI is InChI=1S/C30H20Cl2N4O2/c31-23-14-10-20(11-15-23)26-18-33-36-29(28(26)21-12-16-24(32)17-13-21)34-35(30(36)37)19-22-6-4-5-9-27(22)38-25-7-2-1-3-8-25/h1-18H,19H2. The lowest BCUT2D eigenvalue weighted by Gasteiger charge is -2.11. The molecule has 6 aromatic rings. The summed E-state index contributed by atoms with van der Waals surface area (Å²) in [5.41, 5.74) is 4.24. The summed E-state index contributed by atoms with van der Waals surface area (Å²) >= 11 is 12.3. The first-order chi connectivity index (χ1) is 18.6. The Morgan fingerprint density at radius 2 is 1.37 bits per heavy atom. The van der Waals surface area contributed by atoms with E-state index in [-0.39, 0.29) is 12.2 Å². The van der Waals surface area contributed by atoms with Crippen molar-refractivity contribution in [2.45, 2.75) is 6.54 Å². The molecule has 0 atom stereocenters. The highest BCUT2D eigenvalue weighted by Gasteiger charge is 2.19. The van der Waals surface area contributed by atoms with E-state index in [2.05, 4.69) is 5.10 Å². The number of hydrogen-bond acceptors (Lipinski definition) is 4. The van der Waals surface area contributed by atoms with E-state index >= 15 is 0 Å². The highest BCUT2D eigenvalue weighted by atomic mass is 35.5. The van der Waals surface area contributed by atoms with Crippen LogP contribution in [-0.2, 0) is 6.54 Å². The van der Waals surface area contributed by atoms with E-state index in [1.807, 2.05) is 103 Å². The molecule has 186 valence electrons. The lowest BCUT2D eigenvalue weighted by molar-refractivity contribution is 0.471. The van der Waals surface area contributed by atoms with Crippen molar-refractivity contribution in [3.05, 3.63) is 135 Å². The van der Waals surface area contributed by atoms with Crippen LogP contribution in [0, 0.1) is 0 Å². The summed E-state index contributed by atoms with van der Waals surface area (Å²) in [6.45, 7) is 0.210. The summed E-state index contributed by atoms with van der Waals surface area (Å²) in [7, 11) is 0. The topological polar surface area (TPSA) is 61.4 Å². The minimum absolute atomic E-state index is 0.210. The van der Waals surface area contributed by atoms with Gasteiger partial charge in [-0.25, -0.2) is 9.48 Å². The number of nitrogens with zero attached hydrogens (tertiary/aromatic N) is 4. The smallest absolute Gasteiger partial charge is 0.367 e. The first-order valence-electron chi connectivity index (χ1n) is 11.9. The Balaban J connectivity index is 1.48. The number of benzene rings is 4. The van der Waals surface area contributed by atoms with Gasteiger partial charge < -0.3 is 4.74 Å². The van der Waals surface area contributed by atoms with Crippen molar-refractivity contribution in [1.82, 2.24) is 19.4 Å². The number of para-hydroxylation sites is 2. The number of hydrogen-bond donors (Lipinski definition) is 0. The van der Waals surface area contributed by atoms with E-state index in [0.717, 1.165) is 27.8 Å². The monoisotopic (exact) mass is 538 g/mol. The van der Waals surface area contributed by atoms with E-state index in [1.54, 1.807) is 6.20 Å². The fraction of sp³-hybridized carbons (Fsp3) is 0.0333. The van der Waals surface area contributed by atoms with Crippen LogP contribution in [0.25, 0.3) is 27.9 Å². The van der Waals surface area contributed by atoms with Crippen LogP contribution in [0.2, 0.25) is 10.0 Å². The van der Waals surface area contributed by atoms with Gasteiger partial charge in [-0.05, 0) is 53.6 Å². The maximum Gasteiger partial charge on any atom is 0.367 e. The predicted octanol–water partition coefficient (Wildman–Crippen LogP) is 7.37. The molecular weight excluding hydrogens is 519 g/mol. The van der Waals surface area contributed by atoms with Gasteiger partial charge in [0.1, 0.15) is 11.5 Å². The molecular formula is C30H20Cl2N4O2. The van der Waals surface area contributed by atoms with Gasteiger partial charge in [-0.2, -0.15) is 9.61 Å². The van der Waals surface area contributed by atoms with Gasteiger partial charge in [0.15, 0.2) is 5.65 Å². The first kappa shape index (κ1) is 24.0. The van der Waals surface area contributed by atoms with Crippen molar-refractivity contribution in [3.8, 4) is 33.8 Å². The molecule has 0 bridgehead atoms. The van der Waals surface area contributed by atoms with Crippen molar-refractivity contribution < 1.29 is 4.74 Å². The van der Waals surface area contributed by atoms with Crippen molar-refractivity contribution in [2.24, 2.45) is 0 Å². The Labute approximate surface area is 228 Å². The third kappa shape index (κ3) is 4.67. The lowest BCUT2D eigenvalue weighted by atomic mass is 9.97. The van der Waals surface area contributed by atoms with Crippen molar-refractivity contribution in [1.29, 1.82) is 0 Å². The Kier molecular flexibility index (Phi) is 6.42. The second kappa shape index (κ2) is 10.2. The third-order valence-electron chi connectivity index (χ3n) is 6.17. The minimum Gasteiger partial charge on any atom is -0.457 e. The molecule has 0 saturated heterocycles. The zero-order valence-corrected chi connectivity index (χ0v) is 21.5. The largest absolute Gasteiger partial charge is 0.457 e. The Hall–Kier alpha value is -4.39. The van der Waals surface area contributed by atoms with E-state index in [4.69, 9.17) is 33.0 Å². The molecule has 0 fully saturated rings. The van der Waals surface area contributed by atoms with Crippen LogP contribution in [0.3, 0.4) is 0 Å². The molecule has 6 rings (SSSR count). The van der Waals surface area contributed by atoms with Crippen LogP contribution in [0.1, 0.15) is 5.56 Å². The fourth-order valence-corrected chi connectivity index (χ4v) is 4.58. The molecule has 0 amide bonds. The van der Waals surface area contributed by atoms with E-state index in [1.165, 1.54) is 9.20 Å². The van der Waals surface area contributed by atoms with Gasteiger partial charge in [0, 0.05) is 26.7 Å². The molecule has 2 aromatic heterocycles. The van der Waals surface area contributed by atoms with Crippen LogP contribution in [-0.4, -0.2) is 19.4 Å². The minimum atomic E-state index is -0.354. The molecule has 0 aliphatic heterocycles.